The summed E-state index contributed by atoms with van der Waals surface area (Å²) in [7, 11) is 1.53. The molecule has 126 valence electrons. The molecule has 0 radical (unpaired) electrons. The van der Waals surface area contributed by atoms with Gasteiger partial charge in [-0.2, -0.15) is 0 Å². The normalized spacial score (nSPS) is 19.7. The van der Waals surface area contributed by atoms with Crippen LogP contribution in [0.15, 0.2) is 30.1 Å². The van der Waals surface area contributed by atoms with Gasteiger partial charge in [0.25, 0.3) is 11.7 Å². The Labute approximate surface area is 140 Å². The van der Waals surface area contributed by atoms with Crippen LogP contribution in [0, 0.1) is 0 Å². The number of carbonyl (C=O) groups excluding carboxylic acids is 2. The third-order valence-corrected chi connectivity index (χ3v) is 4.63. The van der Waals surface area contributed by atoms with E-state index in [0.717, 1.165) is 12.8 Å². The number of fused-ring (bicyclic) bond motifs is 1. The Hall–Kier alpha value is -2.63. The number of rotatable bonds is 3. The van der Waals surface area contributed by atoms with E-state index < -0.39 is 11.7 Å². The molecule has 0 aliphatic carbocycles. The Morgan fingerprint density at radius 3 is 2.92 bits per heavy atom. The van der Waals surface area contributed by atoms with Crippen molar-refractivity contribution in [3.63, 3.8) is 0 Å². The molecule has 24 heavy (non-hydrogen) atoms. The lowest BCUT2D eigenvalue weighted by molar-refractivity contribution is -0.128. The topological polar surface area (TPSA) is 75.3 Å². The van der Waals surface area contributed by atoms with Crippen molar-refractivity contribution in [1.29, 1.82) is 0 Å². The fourth-order valence-corrected chi connectivity index (χ4v) is 3.26. The van der Waals surface area contributed by atoms with Crippen molar-refractivity contribution in [1.82, 2.24) is 14.9 Å². The molecule has 1 aliphatic heterocycles. The van der Waals surface area contributed by atoms with Crippen LogP contribution in [-0.4, -0.2) is 46.3 Å². The van der Waals surface area contributed by atoms with Gasteiger partial charge < -0.3 is 14.6 Å². The Balaban J connectivity index is 1.91. The first-order valence-electron chi connectivity index (χ1n) is 8.06. The lowest BCUT2D eigenvalue weighted by atomic mass is 9.96. The van der Waals surface area contributed by atoms with Crippen molar-refractivity contribution in [3.8, 4) is 5.75 Å². The van der Waals surface area contributed by atoms with Gasteiger partial charge in [0.05, 0.1) is 18.1 Å². The summed E-state index contributed by atoms with van der Waals surface area (Å²) < 4.78 is 5.31. The zero-order chi connectivity index (χ0) is 17.3. The van der Waals surface area contributed by atoms with Crippen molar-refractivity contribution in [2.24, 2.45) is 0 Å². The van der Waals surface area contributed by atoms with Crippen LogP contribution >= 0.6 is 0 Å². The van der Waals surface area contributed by atoms with Crippen LogP contribution in [0.5, 0.6) is 5.75 Å². The second-order valence-electron chi connectivity index (χ2n) is 6.02. The van der Waals surface area contributed by atoms with Crippen molar-refractivity contribution in [3.05, 3.63) is 35.7 Å². The maximum absolute atomic E-state index is 12.8. The highest BCUT2D eigenvalue weighted by Crippen LogP contribution is 2.29. The summed E-state index contributed by atoms with van der Waals surface area (Å²) in [5.74, 6) is -0.465. The van der Waals surface area contributed by atoms with Crippen LogP contribution in [0.3, 0.4) is 0 Å². The quantitative estimate of drug-likeness (QED) is 0.534. The Morgan fingerprint density at radius 2 is 2.25 bits per heavy atom. The van der Waals surface area contributed by atoms with Crippen LogP contribution in [0.4, 0.5) is 0 Å². The van der Waals surface area contributed by atoms with Crippen molar-refractivity contribution in [2.75, 3.05) is 13.7 Å². The fourth-order valence-electron chi connectivity index (χ4n) is 3.26. The number of nitrogens with one attached hydrogen (secondary N) is 1. The average molecular weight is 327 g/mol. The first-order chi connectivity index (χ1) is 11.6. The average Bonchev–Trinajstić information content (AvgIpc) is 3.04. The van der Waals surface area contributed by atoms with Crippen molar-refractivity contribution >= 4 is 22.7 Å². The molecule has 0 spiro atoms. The number of ketones is 1. The van der Waals surface area contributed by atoms with Gasteiger partial charge in [-0.1, -0.05) is 11.6 Å². The molecule has 6 heteroatoms. The molecule has 1 N–H and O–H groups in total. The number of methoxy groups -OCH3 is 1. The lowest BCUT2D eigenvalue weighted by Crippen LogP contribution is -2.45. The van der Waals surface area contributed by atoms with Crippen LogP contribution in [0.1, 0.15) is 37.0 Å². The van der Waals surface area contributed by atoms with Gasteiger partial charge in [-0.15, -0.1) is 0 Å². The number of piperidine rings is 1. The van der Waals surface area contributed by atoms with Crippen molar-refractivity contribution in [2.45, 2.75) is 32.7 Å². The number of allylic oxidation sites excluding steroid dienone is 1. The first-order valence-corrected chi connectivity index (χ1v) is 8.06. The number of Topliss-reactive ketones (excluding diaryl/α,β-unsaturated/α-hetero) is 1. The summed E-state index contributed by atoms with van der Waals surface area (Å²) in [5.41, 5.74) is 2.18. The minimum atomic E-state index is -0.525. The fraction of sp³-hybridized carbons (Fsp3) is 0.389. The SMILES string of the molecule is C/C=C1\CCN(C(=O)C(=O)c2c[nH]c3nccc(OC)c23)C(C)C1. The molecule has 1 amide bonds. The van der Waals surface area contributed by atoms with Gasteiger partial charge in [0.15, 0.2) is 0 Å². The van der Waals surface area contributed by atoms with Crippen LogP contribution in [0.25, 0.3) is 11.0 Å². The minimum absolute atomic E-state index is 0.0200. The van der Waals surface area contributed by atoms with E-state index in [-0.39, 0.29) is 6.04 Å². The predicted octanol–water partition coefficient (Wildman–Crippen LogP) is 2.71. The molecular weight excluding hydrogens is 306 g/mol. The molecule has 0 aromatic carbocycles. The molecule has 0 bridgehead atoms. The number of nitrogens with zero attached hydrogens (tertiary/aromatic N) is 2. The Morgan fingerprint density at radius 1 is 1.46 bits per heavy atom. The molecule has 1 aliphatic rings. The molecule has 1 saturated heterocycles. The van der Waals surface area contributed by atoms with E-state index in [1.54, 1.807) is 17.2 Å². The van der Waals surface area contributed by atoms with Gasteiger partial charge in [-0.3, -0.25) is 9.59 Å². The van der Waals surface area contributed by atoms with E-state index in [0.29, 0.717) is 28.9 Å². The van der Waals surface area contributed by atoms with E-state index in [2.05, 4.69) is 16.0 Å². The number of pyridine rings is 1. The monoisotopic (exact) mass is 327 g/mol. The second-order valence-corrected chi connectivity index (χ2v) is 6.02. The summed E-state index contributed by atoms with van der Waals surface area (Å²) >= 11 is 0. The number of aromatic nitrogens is 2. The maximum Gasteiger partial charge on any atom is 0.295 e. The third kappa shape index (κ3) is 2.68. The van der Waals surface area contributed by atoms with E-state index in [4.69, 9.17) is 4.74 Å². The lowest BCUT2D eigenvalue weighted by Gasteiger charge is -2.34. The standard InChI is InChI=1S/C18H21N3O3/c1-4-12-6-8-21(11(2)9-12)18(23)16(22)13-10-20-17-15(13)14(24-3)5-7-19-17/h4-5,7,10-11H,6,8-9H2,1-3H3,(H,19,20)/b12-4+. The minimum Gasteiger partial charge on any atom is -0.496 e. The highest BCUT2D eigenvalue weighted by molar-refractivity contribution is 6.45. The number of amides is 1. The zero-order valence-electron chi connectivity index (χ0n) is 14.1. The van der Waals surface area contributed by atoms with Gasteiger partial charge in [0.2, 0.25) is 0 Å². The van der Waals surface area contributed by atoms with Crippen molar-refractivity contribution < 1.29 is 14.3 Å². The summed E-state index contributed by atoms with van der Waals surface area (Å²) in [5, 5.41) is 0.553. The molecule has 2 aromatic rings. The number of aromatic amines is 1. The second kappa shape index (κ2) is 6.47. The number of likely N-dealkylation sites (tertiary alicyclic amines) is 1. The van der Waals surface area contributed by atoms with E-state index in [1.807, 2.05) is 13.8 Å². The Kier molecular flexibility index (Phi) is 4.38. The first kappa shape index (κ1) is 16.2. The third-order valence-electron chi connectivity index (χ3n) is 4.63. The molecule has 0 saturated carbocycles. The number of H-pyrrole nitrogens is 1. The largest absolute Gasteiger partial charge is 0.496 e. The maximum atomic E-state index is 12.8. The van der Waals surface area contributed by atoms with E-state index >= 15 is 0 Å². The van der Waals surface area contributed by atoms with Gasteiger partial charge in [-0.05, 0) is 32.8 Å². The molecule has 3 rings (SSSR count). The summed E-state index contributed by atoms with van der Waals surface area (Å²) in [4.78, 5) is 34.3. The highest BCUT2D eigenvalue weighted by atomic mass is 16.5. The Bertz CT molecular complexity index is 822. The molecule has 2 aromatic heterocycles. The smallest absolute Gasteiger partial charge is 0.295 e. The summed E-state index contributed by atoms with van der Waals surface area (Å²) in [6, 6.07) is 1.70. The van der Waals surface area contributed by atoms with E-state index in [9.17, 15) is 9.59 Å². The molecule has 1 unspecified atom stereocenters. The van der Waals surface area contributed by atoms with Gasteiger partial charge in [-0.25, -0.2) is 4.98 Å². The number of hydrogen-bond acceptors (Lipinski definition) is 4. The summed E-state index contributed by atoms with van der Waals surface area (Å²) in [6.07, 6.45) is 6.86. The molecular formula is C18H21N3O3. The highest BCUT2D eigenvalue weighted by Gasteiger charge is 2.32. The molecule has 1 atom stereocenters. The number of hydrogen-bond donors (Lipinski definition) is 1. The van der Waals surface area contributed by atoms with E-state index in [1.165, 1.54) is 18.9 Å². The molecule has 3 heterocycles. The number of ether oxygens (including phenoxy) is 1. The summed E-state index contributed by atoms with van der Waals surface area (Å²) in [6.45, 7) is 4.56. The number of carbonyl (C=O) groups is 2. The molecule has 6 nitrogen and oxygen atoms in total. The van der Waals surface area contributed by atoms with Crippen LogP contribution in [0.2, 0.25) is 0 Å². The van der Waals surface area contributed by atoms with Gasteiger partial charge in [0.1, 0.15) is 11.4 Å². The zero-order valence-corrected chi connectivity index (χ0v) is 14.1. The molecule has 1 fully saturated rings. The van der Waals surface area contributed by atoms with Gasteiger partial charge in [0, 0.05) is 25.0 Å². The predicted molar refractivity (Wildman–Crippen MR) is 91.1 cm³/mol. The van der Waals surface area contributed by atoms with Crippen LogP contribution in [-0.2, 0) is 4.79 Å². The van der Waals surface area contributed by atoms with Gasteiger partial charge >= 0.3 is 0 Å². The van der Waals surface area contributed by atoms with Crippen LogP contribution < -0.4 is 4.74 Å².